The number of carbonyl (C=O) groups is 1. The van der Waals surface area contributed by atoms with E-state index in [0.29, 0.717) is 22.3 Å². The molecule has 0 spiro atoms. The van der Waals surface area contributed by atoms with Gasteiger partial charge in [-0.2, -0.15) is 0 Å². The van der Waals surface area contributed by atoms with Gasteiger partial charge in [-0.25, -0.2) is 4.79 Å². The van der Waals surface area contributed by atoms with Crippen LogP contribution in [0.4, 0.5) is 0 Å². The van der Waals surface area contributed by atoms with Crippen molar-refractivity contribution in [3.05, 3.63) is 92.8 Å². The standard InChI is InChI=1S/C17H12N2O3.C2H6/c20-15(12-4-2-1-3-5-12)13-8-6-11(7-9-13)14-10-18-17(22)19-16(14)21;1-2/h1-10H,(H2,18,19,21,22);1-2H3. The highest BCUT2D eigenvalue weighted by Gasteiger charge is 2.09. The van der Waals surface area contributed by atoms with Gasteiger partial charge in [0.15, 0.2) is 5.78 Å². The number of carbonyl (C=O) groups excluding carboxylic acids is 1. The molecular formula is C19H18N2O3. The van der Waals surface area contributed by atoms with E-state index in [1.165, 1.54) is 6.20 Å². The summed E-state index contributed by atoms with van der Waals surface area (Å²) in [6.07, 6.45) is 1.36. The fourth-order valence-corrected chi connectivity index (χ4v) is 2.18. The number of aromatic amines is 2. The van der Waals surface area contributed by atoms with Crippen LogP contribution in [0.15, 0.2) is 70.4 Å². The zero-order valence-electron chi connectivity index (χ0n) is 13.5. The van der Waals surface area contributed by atoms with Gasteiger partial charge in [-0.3, -0.25) is 14.6 Å². The lowest BCUT2D eigenvalue weighted by atomic mass is 10.0. The van der Waals surface area contributed by atoms with Crippen LogP contribution >= 0.6 is 0 Å². The quantitative estimate of drug-likeness (QED) is 0.727. The molecule has 3 rings (SSSR count). The zero-order valence-corrected chi connectivity index (χ0v) is 13.5. The van der Waals surface area contributed by atoms with Gasteiger partial charge >= 0.3 is 5.69 Å². The van der Waals surface area contributed by atoms with Crippen LogP contribution in [0, 0.1) is 0 Å². The average molecular weight is 322 g/mol. The lowest BCUT2D eigenvalue weighted by Crippen LogP contribution is -2.22. The summed E-state index contributed by atoms with van der Waals surface area (Å²) in [4.78, 5) is 39.6. The number of rotatable bonds is 3. The Kier molecular flexibility index (Phi) is 5.63. The molecule has 24 heavy (non-hydrogen) atoms. The zero-order chi connectivity index (χ0) is 17.5. The maximum absolute atomic E-state index is 12.3. The SMILES string of the molecule is CC.O=C(c1ccccc1)c1ccc(-c2c[nH]c(=O)[nH]c2=O)cc1. The maximum Gasteiger partial charge on any atom is 0.325 e. The molecule has 0 saturated carbocycles. The molecular weight excluding hydrogens is 304 g/mol. The van der Waals surface area contributed by atoms with Crippen LogP contribution in [0.25, 0.3) is 11.1 Å². The highest BCUT2D eigenvalue weighted by Crippen LogP contribution is 2.16. The topological polar surface area (TPSA) is 82.8 Å². The molecule has 2 N–H and O–H groups in total. The summed E-state index contributed by atoms with van der Waals surface area (Å²) in [5.74, 6) is -0.0810. The summed E-state index contributed by atoms with van der Waals surface area (Å²) >= 11 is 0. The second-order valence-corrected chi connectivity index (χ2v) is 4.76. The van der Waals surface area contributed by atoms with Gasteiger partial charge in [0.2, 0.25) is 0 Å². The van der Waals surface area contributed by atoms with Crippen molar-refractivity contribution in [3.63, 3.8) is 0 Å². The summed E-state index contributed by atoms with van der Waals surface area (Å²) in [5.41, 5.74) is 1.10. The Balaban J connectivity index is 0.00000100. The van der Waals surface area contributed by atoms with Gasteiger partial charge in [0.05, 0.1) is 5.56 Å². The molecule has 0 saturated heterocycles. The largest absolute Gasteiger partial charge is 0.325 e. The fraction of sp³-hybridized carbons (Fsp3) is 0.105. The molecule has 0 aliphatic rings. The molecule has 122 valence electrons. The van der Waals surface area contributed by atoms with Crippen LogP contribution < -0.4 is 11.2 Å². The highest BCUT2D eigenvalue weighted by molar-refractivity contribution is 6.09. The van der Waals surface area contributed by atoms with E-state index in [-0.39, 0.29) is 5.78 Å². The van der Waals surface area contributed by atoms with E-state index in [4.69, 9.17) is 0 Å². The first-order chi connectivity index (χ1) is 11.6. The molecule has 0 unspecified atom stereocenters. The molecule has 0 radical (unpaired) electrons. The number of ketones is 1. The van der Waals surface area contributed by atoms with Gasteiger partial charge in [-0.15, -0.1) is 0 Å². The van der Waals surface area contributed by atoms with Gasteiger partial charge in [0.25, 0.3) is 5.56 Å². The number of nitrogens with one attached hydrogen (secondary N) is 2. The van der Waals surface area contributed by atoms with Crippen molar-refractivity contribution in [3.8, 4) is 11.1 Å². The minimum absolute atomic E-state index is 0.0810. The van der Waals surface area contributed by atoms with Crippen molar-refractivity contribution in [1.29, 1.82) is 0 Å². The molecule has 0 atom stereocenters. The molecule has 5 heteroatoms. The Morgan fingerprint density at radius 2 is 1.42 bits per heavy atom. The van der Waals surface area contributed by atoms with Crippen LogP contribution in [-0.2, 0) is 0 Å². The number of hydrogen-bond acceptors (Lipinski definition) is 3. The van der Waals surface area contributed by atoms with Crippen molar-refractivity contribution in [2.75, 3.05) is 0 Å². The first-order valence-electron chi connectivity index (χ1n) is 7.67. The second kappa shape index (κ2) is 7.87. The Labute approximate surface area is 139 Å². The molecule has 0 aliphatic carbocycles. The van der Waals surface area contributed by atoms with Crippen molar-refractivity contribution in [2.24, 2.45) is 0 Å². The van der Waals surface area contributed by atoms with Crippen LogP contribution in [0.2, 0.25) is 0 Å². The minimum atomic E-state index is -0.551. The number of H-pyrrole nitrogens is 2. The Morgan fingerprint density at radius 3 is 2.00 bits per heavy atom. The van der Waals surface area contributed by atoms with E-state index in [9.17, 15) is 14.4 Å². The van der Waals surface area contributed by atoms with Crippen LogP contribution in [0.1, 0.15) is 29.8 Å². The average Bonchev–Trinajstić information content (AvgIpc) is 2.64. The second-order valence-electron chi connectivity index (χ2n) is 4.76. The van der Waals surface area contributed by atoms with Gasteiger partial charge in [0.1, 0.15) is 0 Å². The number of benzene rings is 2. The van der Waals surface area contributed by atoms with Crippen LogP contribution in [0.5, 0.6) is 0 Å². The van der Waals surface area contributed by atoms with Gasteiger partial charge < -0.3 is 4.98 Å². The molecule has 5 nitrogen and oxygen atoms in total. The highest BCUT2D eigenvalue weighted by atomic mass is 16.2. The fourth-order valence-electron chi connectivity index (χ4n) is 2.18. The summed E-state index contributed by atoms with van der Waals surface area (Å²) in [7, 11) is 0. The molecule has 0 fully saturated rings. The predicted molar refractivity (Wildman–Crippen MR) is 94.3 cm³/mol. The molecule has 2 aromatic carbocycles. The van der Waals surface area contributed by atoms with E-state index in [1.807, 2.05) is 32.0 Å². The summed E-state index contributed by atoms with van der Waals surface area (Å²) in [6, 6.07) is 15.7. The molecule has 0 amide bonds. The van der Waals surface area contributed by atoms with E-state index in [1.54, 1.807) is 36.4 Å². The monoisotopic (exact) mass is 322 g/mol. The summed E-state index contributed by atoms with van der Waals surface area (Å²) in [5, 5.41) is 0. The third-order valence-corrected chi connectivity index (χ3v) is 3.31. The first-order valence-corrected chi connectivity index (χ1v) is 7.67. The molecule has 1 aromatic heterocycles. The van der Waals surface area contributed by atoms with Gasteiger partial charge in [-0.1, -0.05) is 68.4 Å². The third kappa shape index (κ3) is 3.76. The minimum Gasteiger partial charge on any atom is -0.313 e. The Morgan fingerprint density at radius 1 is 0.833 bits per heavy atom. The van der Waals surface area contributed by atoms with E-state index in [0.717, 1.165) is 0 Å². The lowest BCUT2D eigenvalue weighted by Gasteiger charge is -2.03. The van der Waals surface area contributed by atoms with E-state index < -0.39 is 11.2 Å². The third-order valence-electron chi connectivity index (χ3n) is 3.31. The summed E-state index contributed by atoms with van der Waals surface area (Å²) < 4.78 is 0. The van der Waals surface area contributed by atoms with Crippen molar-refractivity contribution in [2.45, 2.75) is 13.8 Å². The predicted octanol–water partition coefficient (Wildman–Crippen LogP) is 2.99. The van der Waals surface area contributed by atoms with Crippen LogP contribution in [0.3, 0.4) is 0 Å². The van der Waals surface area contributed by atoms with Crippen molar-refractivity contribution >= 4 is 5.78 Å². The Bertz CT molecular complexity index is 923. The normalized spacial score (nSPS) is 9.75. The molecule has 0 aliphatic heterocycles. The lowest BCUT2D eigenvalue weighted by molar-refractivity contribution is 0.103. The first kappa shape index (κ1) is 17.1. The smallest absolute Gasteiger partial charge is 0.313 e. The molecule has 0 bridgehead atoms. The van der Waals surface area contributed by atoms with Crippen LogP contribution in [-0.4, -0.2) is 15.8 Å². The molecule has 3 aromatic rings. The summed E-state index contributed by atoms with van der Waals surface area (Å²) in [6.45, 7) is 4.00. The number of aromatic nitrogens is 2. The van der Waals surface area contributed by atoms with Crippen molar-refractivity contribution in [1.82, 2.24) is 9.97 Å². The van der Waals surface area contributed by atoms with Gasteiger partial charge in [-0.05, 0) is 5.56 Å². The molecule has 1 heterocycles. The number of hydrogen-bond donors (Lipinski definition) is 2. The van der Waals surface area contributed by atoms with E-state index in [2.05, 4.69) is 9.97 Å². The van der Waals surface area contributed by atoms with Gasteiger partial charge in [0, 0.05) is 17.3 Å². The van der Waals surface area contributed by atoms with E-state index >= 15 is 0 Å². The van der Waals surface area contributed by atoms with Crippen molar-refractivity contribution < 1.29 is 4.79 Å². The Hall–Kier alpha value is -3.21. The maximum atomic E-state index is 12.3.